The van der Waals surface area contributed by atoms with Gasteiger partial charge in [0.05, 0.1) is 6.04 Å². The summed E-state index contributed by atoms with van der Waals surface area (Å²) in [5.41, 5.74) is 17.9. The van der Waals surface area contributed by atoms with Crippen molar-refractivity contribution >= 4 is 17.8 Å². The van der Waals surface area contributed by atoms with Gasteiger partial charge in [-0.2, -0.15) is 0 Å². The van der Waals surface area contributed by atoms with Crippen LogP contribution in [0, 0.1) is 0 Å². The minimum atomic E-state index is -0.655. The quantitative estimate of drug-likeness (QED) is 0.149. The van der Waals surface area contributed by atoms with Gasteiger partial charge < -0.3 is 32.6 Å². The molecule has 0 saturated carbocycles. The molecule has 0 spiro atoms. The number of carbonyl (C=O) groups is 3. The summed E-state index contributed by atoms with van der Waals surface area (Å²) in [5, 5.41) is 5.67. The molecule has 0 heterocycles. The second-order valence-corrected chi connectivity index (χ2v) is 8.48. The predicted molar refractivity (Wildman–Crippen MR) is 133 cm³/mol. The van der Waals surface area contributed by atoms with Crippen molar-refractivity contribution in [2.45, 2.75) is 82.9 Å². The SMILES string of the molecule is NCCCCC(N)C(=O)NC(CCCCN)C(=O)NCCCCCC(=O)OCc1ccccc1. The maximum absolute atomic E-state index is 12.6. The van der Waals surface area contributed by atoms with Crippen LogP contribution in [-0.4, -0.2) is 49.5 Å². The van der Waals surface area contributed by atoms with Gasteiger partial charge in [0.1, 0.15) is 12.6 Å². The van der Waals surface area contributed by atoms with E-state index in [-0.39, 0.29) is 24.4 Å². The molecule has 0 saturated heterocycles. The van der Waals surface area contributed by atoms with Crippen LogP contribution in [0.25, 0.3) is 0 Å². The number of carbonyl (C=O) groups excluding carboxylic acids is 3. The number of nitrogens with two attached hydrogens (primary N) is 3. The van der Waals surface area contributed by atoms with Crippen LogP contribution in [0.5, 0.6) is 0 Å². The topological polar surface area (TPSA) is 163 Å². The van der Waals surface area contributed by atoms with Gasteiger partial charge in [-0.05, 0) is 63.6 Å². The standard InChI is InChI=1S/C25H43N5O4/c26-16-8-6-13-21(28)24(32)30-22(14-7-9-17-27)25(33)29-18-10-2-5-15-23(31)34-19-20-11-3-1-4-12-20/h1,3-4,11-12,21-22H,2,5-10,13-19,26-28H2,(H,29,33)(H,30,32). The molecular formula is C25H43N5O4. The maximum atomic E-state index is 12.6. The average molecular weight is 478 g/mol. The van der Waals surface area contributed by atoms with E-state index in [4.69, 9.17) is 21.9 Å². The molecule has 192 valence electrons. The Bertz CT molecular complexity index is 702. The van der Waals surface area contributed by atoms with Gasteiger partial charge in [0, 0.05) is 13.0 Å². The highest BCUT2D eigenvalue weighted by atomic mass is 16.5. The molecule has 2 unspecified atom stereocenters. The Balaban J connectivity index is 2.28. The van der Waals surface area contributed by atoms with Crippen LogP contribution in [0.15, 0.2) is 30.3 Å². The van der Waals surface area contributed by atoms with E-state index < -0.39 is 12.1 Å². The lowest BCUT2D eigenvalue weighted by molar-refractivity contribution is -0.145. The summed E-state index contributed by atoms with van der Waals surface area (Å²) in [7, 11) is 0. The van der Waals surface area contributed by atoms with E-state index in [1.54, 1.807) is 0 Å². The number of benzene rings is 1. The molecule has 2 amide bonds. The third-order valence-corrected chi connectivity index (χ3v) is 5.49. The maximum Gasteiger partial charge on any atom is 0.306 e. The Hall–Kier alpha value is -2.49. The molecule has 0 aliphatic heterocycles. The molecule has 8 N–H and O–H groups in total. The molecule has 2 atom stereocenters. The van der Waals surface area contributed by atoms with Crippen LogP contribution < -0.4 is 27.8 Å². The summed E-state index contributed by atoms with van der Waals surface area (Å²) in [6.45, 7) is 1.86. The number of unbranched alkanes of at least 4 members (excludes halogenated alkanes) is 4. The Morgan fingerprint density at radius 3 is 2.18 bits per heavy atom. The van der Waals surface area contributed by atoms with E-state index in [9.17, 15) is 14.4 Å². The minimum absolute atomic E-state index is 0.221. The molecule has 34 heavy (non-hydrogen) atoms. The molecule has 1 aromatic rings. The van der Waals surface area contributed by atoms with Crippen molar-refractivity contribution in [1.29, 1.82) is 0 Å². The zero-order chi connectivity index (χ0) is 25.0. The van der Waals surface area contributed by atoms with E-state index in [0.717, 1.165) is 44.1 Å². The van der Waals surface area contributed by atoms with Crippen molar-refractivity contribution in [3.8, 4) is 0 Å². The molecule has 0 radical (unpaired) electrons. The number of rotatable bonds is 19. The summed E-state index contributed by atoms with van der Waals surface area (Å²) in [4.78, 5) is 36.9. The molecule has 1 rings (SSSR count). The smallest absolute Gasteiger partial charge is 0.306 e. The summed E-state index contributed by atoms with van der Waals surface area (Å²) in [6.07, 6.45) is 6.71. The highest BCUT2D eigenvalue weighted by Crippen LogP contribution is 2.06. The second kappa shape index (κ2) is 18.9. The molecule has 0 aromatic heterocycles. The lowest BCUT2D eigenvalue weighted by Gasteiger charge is -2.21. The zero-order valence-corrected chi connectivity index (χ0v) is 20.3. The van der Waals surface area contributed by atoms with Gasteiger partial charge >= 0.3 is 5.97 Å². The lowest BCUT2D eigenvalue weighted by atomic mass is 10.1. The van der Waals surface area contributed by atoms with Crippen molar-refractivity contribution in [2.24, 2.45) is 17.2 Å². The first-order chi connectivity index (χ1) is 16.5. The van der Waals surface area contributed by atoms with Crippen molar-refractivity contribution in [3.05, 3.63) is 35.9 Å². The highest BCUT2D eigenvalue weighted by Gasteiger charge is 2.23. The van der Waals surface area contributed by atoms with E-state index >= 15 is 0 Å². The Morgan fingerprint density at radius 2 is 1.50 bits per heavy atom. The summed E-state index contributed by atoms with van der Waals surface area (Å²) >= 11 is 0. The van der Waals surface area contributed by atoms with E-state index in [0.29, 0.717) is 45.3 Å². The Morgan fingerprint density at radius 1 is 0.824 bits per heavy atom. The first-order valence-corrected chi connectivity index (χ1v) is 12.4. The van der Waals surface area contributed by atoms with Crippen LogP contribution in [0.4, 0.5) is 0 Å². The summed E-state index contributed by atoms with van der Waals surface area (Å²) in [6, 6.07) is 8.27. The van der Waals surface area contributed by atoms with Crippen LogP contribution >= 0.6 is 0 Å². The van der Waals surface area contributed by atoms with Gasteiger partial charge in [0.2, 0.25) is 11.8 Å². The minimum Gasteiger partial charge on any atom is -0.461 e. The number of hydrogen-bond donors (Lipinski definition) is 5. The third-order valence-electron chi connectivity index (χ3n) is 5.49. The van der Waals surface area contributed by atoms with Crippen LogP contribution in [0.3, 0.4) is 0 Å². The first kappa shape index (κ1) is 29.5. The summed E-state index contributed by atoms with van der Waals surface area (Å²) < 4.78 is 5.26. The Kier molecular flexibility index (Phi) is 16.4. The third kappa shape index (κ3) is 13.9. The van der Waals surface area contributed by atoms with Gasteiger partial charge in [-0.1, -0.05) is 43.2 Å². The van der Waals surface area contributed by atoms with Crippen molar-refractivity contribution in [3.63, 3.8) is 0 Å². The van der Waals surface area contributed by atoms with Crippen molar-refractivity contribution in [2.75, 3.05) is 19.6 Å². The van der Waals surface area contributed by atoms with Crippen LogP contribution in [-0.2, 0) is 25.7 Å². The van der Waals surface area contributed by atoms with Gasteiger partial charge in [-0.15, -0.1) is 0 Å². The van der Waals surface area contributed by atoms with Gasteiger partial charge in [0.15, 0.2) is 0 Å². The van der Waals surface area contributed by atoms with E-state index in [1.165, 1.54) is 0 Å². The average Bonchev–Trinajstić information content (AvgIpc) is 2.84. The van der Waals surface area contributed by atoms with Crippen molar-refractivity contribution in [1.82, 2.24) is 10.6 Å². The molecule has 0 aliphatic carbocycles. The monoisotopic (exact) mass is 477 g/mol. The molecule has 9 heteroatoms. The largest absolute Gasteiger partial charge is 0.461 e. The fraction of sp³-hybridized carbons (Fsp3) is 0.640. The number of amides is 2. The molecule has 0 fully saturated rings. The van der Waals surface area contributed by atoms with Crippen LogP contribution in [0.2, 0.25) is 0 Å². The molecule has 0 aliphatic rings. The summed E-state index contributed by atoms with van der Waals surface area (Å²) in [5.74, 6) is -0.765. The zero-order valence-electron chi connectivity index (χ0n) is 20.3. The normalized spacial score (nSPS) is 12.6. The predicted octanol–water partition coefficient (Wildman–Crippen LogP) is 1.48. The molecular weight excluding hydrogens is 434 g/mol. The number of nitrogens with one attached hydrogen (secondary N) is 2. The van der Waals surface area contributed by atoms with E-state index in [2.05, 4.69) is 10.6 Å². The van der Waals surface area contributed by atoms with Gasteiger partial charge in [-0.25, -0.2) is 0 Å². The molecule has 9 nitrogen and oxygen atoms in total. The highest BCUT2D eigenvalue weighted by molar-refractivity contribution is 5.89. The van der Waals surface area contributed by atoms with Crippen LogP contribution in [0.1, 0.15) is 69.8 Å². The van der Waals surface area contributed by atoms with Gasteiger partial charge in [-0.3, -0.25) is 14.4 Å². The number of ether oxygens (including phenoxy) is 1. The fourth-order valence-electron chi connectivity index (χ4n) is 3.40. The molecule has 1 aromatic carbocycles. The van der Waals surface area contributed by atoms with Crippen molar-refractivity contribution < 1.29 is 19.1 Å². The number of esters is 1. The lowest BCUT2D eigenvalue weighted by Crippen LogP contribution is -2.51. The fourth-order valence-corrected chi connectivity index (χ4v) is 3.40. The first-order valence-electron chi connectivity index (χ1n) is 12.4. The molecule has 0 bridgehead atoms. The second-order valence-electron chi connectivity index (χ2n) is 8.48. The Labute approximate surface area is 203 Å². The van der Waals surface area contributed by atoms with E-state index in [1.807, 2.05) is 30.3 Å². The van der Waals surface area contributed by atoms with Gasteiger partial charge in [0.25, 0.3) is 0 Å². The number of hydrogen-bond acceptors (Lipinski definition) is 7.